The van der Waals surface area contributed by atoms with Crippen molar-refractivity contribution >= 4 is 40.0 Å². The zero-order valence-electron chi connectivity index (χ0n) is 20.4. The fourth-order valence-corrected chi connectivity index (χ4v) is 4.00. The van der Waals surface area contributed by atoms with Crippen molar-refractivity contribution in [3.8, 4) is 11.3 Å². The Balaban J connectivity index is 1.52. The number of carbonyl (C=O) groups is 2. The molecule has 182 valence electrons. The van der Waals surface area contributed by atoms with E-state index < -0.39 is 17.5 Å². The second-order valence-electron chi connectivity index (χ2n) is 9.10. The molecule has 6 nitrogen and oxygen atoms in total. The number of aromatic nitrogens is 1. The van der Waals surface area contributed by atoms with Gasteiger partial charge in [0.1, 0.15) is 0 Å². The molecule has 0 spiro atoms. The van der Waals surface area contributed by atoms with Gasteiger partial charge in [-0.2, -0.15) is 0 Å². The van der Waals surface area contributed by atoms with Gasteiger partial charge in [0.25, 0.3) is 5.91 Å². The van der Waals surface area contributed by atoms with Gasteiger partial charge in [-0.1, -0.05) is 72.3 Å². The van der Waals surface area contributed by atoms with Crippen molar-refractivity contribution in [3.05, 3.63) is 107 Å². The lowest BCUT2D eigenvalue weighted by Gasteiger charge is -2.27. The quantitative estimate of drug-likeness (QED) is 0.276. The number of para-hydroxylation sites is 1. The van der Waals surface area contributed by atoms with Crippen LogP contribution in [0.3, 0.4) is 0 Å². The Morgan fingerprint density at radius 1 is 0.917 bits per heavy atom. The number of nitrogens with zero attached hydrogens (tertiary/aromatic N) is 1. The maximum Gasteiger partial charge on any atom is 0.334 e. The van der Waals surface area contributed by atoms with Gasteiger partial charge in [0.05, 0.1) is 22.3 Å². The summed E-state index contributed by atoms with van der Waals surface area (Å²) in [6, 6.07) is 23.6. The second kappa shape index (κ2) is 10.2. The molecule has 0 saturated heterocycles. The summed E-state index contributed by atoms with van der Waals surface area (Å²) in [4.78, 5) is 30.5. The maximum absolute atomic E-state index is 13.1. The highest BCUT2D eigenvalue weighted by Gasteiger charge is 2.24. The van der Waals surface area contributed by atoms with Crippen molar-refractivity contribution in [2.75, 3.05) is 0 Å². The largest absolute Gasteiger partial charge is 0.334 e. The highest BCUT2D eigenvalue weighted by atomic mass is 35.5. The third-order valence-corrected chi connectivity index (χ3v) is 6.15. The molecule has 3 amide bonds. The Kier molecular flexibility index (Phi) is 7.08. The fraction of sp³-hybridized carbons (Fsp3) is 0.138. The van der Waals surface area contributed by atoms with Crippen LogP contribution < -0.4 is 16.2 Å². The highest BCUT2D eigenvalue weighted by Crippen LogP contribution is 2.26. The normalized spacial score (nSPS) is 11.1. The molecule has 1 heterocycles. The zero-order valence-corrected chi connectivity index (χ0v) is 21.1. The van der Waals surface area contributed by atoms with E-state index >= 15 is 0 Å². The number of pyridine rings is 1. The third kappa shape index (κ3) is 5.56. The Labute approximate surface area is 215 Å². The lowest BCUT2D eigenvalue weighted by atomic mass is 9.92. The molecule has 0 radical (unpaired) electrons. The molecule has 0 aliphatic carbocycles. The van der Waals surface area contributed by atoms with Crippen molar-refractivity contribution in [3.63, 3.8) is 0 Å². The van der Waals surface area contributed by atoms with Gasteiger partial charge in [-0.05, 0) is 62.2 Å². The summed E-state index contributed by atoms with van der Waals surface area (Å²) in [5, 5.41) is 4.19. The highest BCUT2D eigenvalue weighted by molar-refractivity contribution is 6.30. The van der Waals surface area contributed by atoms with E-state index in [4.69, 9.17) is 11.6 Å². The van der Waals surface area contributed by atoms with Gasteiger partial charge in [0.15, 0.2) is 0 Å². The van der Waals surface area contributed by atoms with Gasteiger partial charge < -0.3 is 5.32 Å². The van der Waals surface area contributed by atoms with Gasteiger partial charge in [-0.15, -0.1) is 0 Å². The molecule has 4 rings (SSSR count). The van der Waals surface area contributed by atoms with E-state index in [0.717, 1.165) is 22.3 Å². The van der Waals surface area contributed by atoms with Crippen LogP contribution in [0.4, 0.5) is 4.79 Å². The second-order valence-corrected chi connectivity index (χ2v) is 9.53. The van der Waals surface area contributed by atoms with E-state index in [9.17, 15) is 9.59 Å². The van der Waals surface area contributed by atoms with E-state index in [2.05, 4.69) is 27.7 Å². The number of allylic oxidation sites excluding steroid dienone is 1. The first-order chi connectivity index (χ1) is 17.1. The summed E-state index contributed by atoms with van der Waals surface area (Å²) in [5.41, 5.74) is 9.65. The van der Waals surface area contributed by atoms with Crippen LogP contribution >= 0.6 is 11.6 Å². The van der Waals surface area contributed by atoms with Crippen molar-refractivity contribution in [1.82, 2.24) is 21.2 Å². The average Bonchev–Trinajstić information content (AvgIpc) is 2.87. The lowest BCUT2D eigenvalue weighted by molar-refractivity contribution is 0.0936. The molecule has 0 aliphatic rings. The summed E-state index contributed by atoms with van der Waals surface area (Å²) in [5.74, 6) is -0.457. The molecule has 0 aliphatic heterocycles. The van der Waals surface area contributed by atoms with Crippen molar-refractivity contribution in [1.29, 1.82) is 0 Å². The Hall–Kier alpha value is -4.16. The first-order valence-electron chi connectivity index (χ1n) is 11.4. The summed E-state index contributed by atoms with van der Waals surface area (Å²) < 4.78 is 0. The van der Waals surface area contributed by atoms with Crippen LogP contribution in [0.15, 0.2) is 85.4 Å². The molecule has 1 aromatic heterocycles. The number of benzene rings is 3. The maximum atomic E-state index is 13.1. The predicted octanol–water partition coefficient (Wildman–Crippen LogP) is 6.47. The number of urea groups is 1. The predicted molar refractivity (Wildman–Crippen MR) is 145 cm³/mol. The number of halogens is 1. The van der Waals surface area contributed by atoms with Crippen LogP contribution in [-0.2, 0) is 5.54 Å². The number of hydrogen-bond donors (Lipinski definition) is 3. The monoisotopic (exact) mass is 498 g/mol. The number of hydrogen-bond acceptors (Lipinski definition) is 3. The topological polar surface area (TPSA) is 83.1 Å². The summed E-state index contributed by atoms with van der Waals surface area (Å²) in [7, 11) is 0. The summed E-state index contributed by atoms with van der Waals surface area (Å²) >= 11 is 6.02. The lowest BCUT2D eigenvalue weighted by Crippen LogP contribution is -2.52. The summed E-state index contributed by atoms with van der Waals surface area (Å²) in [6.45, 7) is 9.69. The van der Waals surface area contributed by atoms with Crippen molar-refractivity contribution in [2.45, 2.75) is 26.3 Å². The number of nitrogens with one attached hydrogen (secondary N) is 3. The van der Waals surface area contributed by atoms with Crippen LogP contribution in [-0.4, -0.2) is 16.9 Å². The molecule has 7 heteroatoms. The molecule has 0 atom stereocenters. The molecule has 0 unspecified atom stereocenters. The molecule has 3 N–H and O–H groups in total. The van der Waals surface area contributed by atoms with Crippen molar-refractivity contribution in [2.24, 2.45) is 0 Å². The molecular formula is C29H27ClN4O2. The minimum Gasteiger partial charge on any atom is -0.328 e. The van der Waals surface area contributed by atoms with E-state index in [1.807, 2.05) is 81.4 Å². The number of rotatable bonds is 5. The van der Waals surface area contributed by atoms with Gasteiger partial charge in [0.2, 0.25) is 0 Å². The van der Waals surface area contributed by atoms with Crippen molar-refractivity contribution < 1.29 is 9.59 Å². The van der Waals surface area contributed by atoms with E-state index in [1.165, 1.54) is 0 Å². The zero-order chi connectivity index (χ0) is 25.9. The number of amides is 3. The van der Waals surface area contributed by atoms with Crippen LogP contribution in [0.5, 0.6) is 0 Å². The smallest absolute Gasteiger partial charge is 0.328 e. The Morgan fingerprint density at radius 3 is 2.36 bits per heavy atom. The standard InChI is InChI=1S/C29H27ClN4O2/c1-18(2)20-8-7-9-21(16-20)29(3,4)32-28(36)34-33-27(35)24-17-26(19-12-14-22(30)15-13-19)31-25-11-6-5-10-23(24)25/h5-17H,1H2,2-4H3,(H,33,35)(H2,32,34,36). The first-order valence-corrected chi connectivity index (χ1v) is 11.8. The van der Waals surface area contributed by atoms with Crippen LogP contribution in [0.2, 0.25) is 5.02 Å². The van der Waals surface area contributed by atoms with Crippen LogP contribution in [0.25, 0.3) is 27.7 Å². The van der Waals surface area contributed by atoms with Gasteiger partial charge in [-0.25, -0.2) is 15.2 Å². The van der Waals surface area contributed by atoms with Gasteiger partial charge in [-0.3, -0.25) is 10.2 Å². The number of carbonyl (C=O) groups excluding carboxylic acids is 2. The van der Waals surface area contributed by atoms with Crippen LogP contribution in [0, 0.1) is 0 Å². The summed E-state index contributed by atoms with van der Waals surface area (Å²) in [6.07, 6.45) is 0. The molecule has 3 aromatic carbocycles. The Bertz CT molecular complexity index is 1460. The van der Waals surface area contributed by atoms with Gasteiger partial charge >= 0.3 is 6.03 Å². The molecule has 0 fully saturated rings. The molecule has 0 bridgehead atoms. The fourth-order valence-electron chi connectivity index (χ4n) is 3.87. The molecule has 36 heavy (non-hydrogen) atoms. The van der Waals surface area contributed by atoms with E-state index in [0.29, 0.717) is 27.2 Å². The molecule has 0 saturated carbocycles. The first kappa shape index (κ1) is 24.9. The Morgan fingerprint density at radius 2 is 1.64 bits per heavy atom. The number of hydrazine groups is 1. The third-order valence-electron chi connectivity index (χ3n) is 5.89. The molecular weight excluding hydrogens is 472 g/mol. The molecule has 4 aromatic rings. The van der Waals surface area contributed by atoms with E-state index in [-0.39, 0.29) is 0 Å². The van der Waals surface area contributed by atoms with Gasteiger partial charge in [0, 0.05) is 16.0 Å². The minimum atomic E-state index is -0.689. The van der Waals surface area contributed by atoms with Crippen LogP contribution in [0.1, 0.15) is 42.3 Å². The minimum absolute atomic E-state index is 0.388. The SMILES string of the molecule is C=C(C)c1cccc(C(C)(C)NC(=O)NNC(=O)c2cc(-c3ccc(Cl)cc3)nc3ccccc23)c1. The number of fused-ring (bicyclic) bond motifs is 1. The van der Waals surface area contributed by atoms with E-state index in [1.54, 1.807) is 18.2 Å². The average molecular weight is 499 g/mol.